The lowest BCUT2D eigenvalue weighted by Crippen LogP contribution is -2.06. The summed E-state index contributed by atoms with van der Waals surface area (Å²) in [6.07, 6.45) is 3.59. The molecule has 0 heterocycles. The van der Waals surface area contributed by atoms with E-state index in [-0.39, 0.29) is 11.1 Å². The lowest BCUT2D eigenvalue weighted by atomic mass is 10.1. The van der Waals surface area contributed by atoms with Crippen LogP contribution in [0.5, 0.6) is 17.2 Å². The van der Waals surface area contributed by atoms with Crippen LogP contribution in [-0.2, 0) is 4.74 Å². The highest BCUT2D eigenvalue weighted by atomic mass is 35.5. The highest BCUT2D eigenvalue weighted by Gasteiger charge is 2.11. The van der Waals surface area contributed by atoms with E-state index in [0.717, 1.165) is 11.1 Å². The fraction of sp³-hybridized carbons (Fsp3) is 0.261. The van der Waals surface area contributed by atoms with Crippen molar-refractivity contribution < 1.29 is 18.9 Å². The van der Waals surface area contributed by atoms with Gasteiger partial charge in [-0.15, -0.1) is 0 Å². The predicted molar refractivity (Wildman–Crippen MR) is 129 cm³/mol. The summed E-state index contributed by atoms with van der Waals surface area (Å²) in [6, 6.07) is 12.7. The van der Waals surface area contributed by atoms with Gasteiger partial charge in [-0.2, -0.15) is 5.26 Å². The topological polar surface area (TPSA) is 60.7 Å². The van der Waals surface area contributed by atoms with Crippen molar-refractivity contribution in [1.82, 2.24) is 0 Å². The first-order valence-electron chi connectivity index (χ1n) is 9.51. The van der Waals surface area contributed by atoms with Gasteiger partial charge in [-0.05, 0) is 29.3 Å². The third-order valence-corrected chi connectivity index (χ3v) is 4.90. The summed E-state index contributed by atoms with van der Waals surface area (Å²) >= 11 is 23.6. The van der Waals surface area contributed by atoms with Gasteiger partial charge in [-0.1, -0.05) is 58.5 Å². The number of rotatable bonds is 12. The van der Waals surface area contributed by atoms with Gasteiger partial charge in [0.25, 0.3) is 0 Å². The zero-order valence-electron chi connectivity index (χ0n) is 17.2. The van der Waals surface area contributed by atoms with Gasteiger partial charge in [-0.25, -0.2) is 0 Å². The molecule has 0 saturated heterocycles. The smallest absolute Gasteiger partial charge is 0.156 e. The van der Waals surface area contributed by atoms with Crippen LogP contribution in [0.1, 0.15) is 12.0 Å². The van der Waals surface area contributed by atoms with Crippen LogP contribution in [0, 0.1) is 11.3 Å². The highest BCUT2D eigenvalue weighted by Crippen LogP contribution is 2.37. The van der Waals surface area contributed by atoms with Crippen molar-refractivity contribution in [2.75, 3.05) is 33.5 Å². The molecule has 0 aliphatic heterocycles. The summed E-state index contributed by atoms with van der Waals surface area (Å²) in [7, 11) is 1.59. The van der Waals surface area contributed by atoms with Gasteiger partial charge in [0.15, 0.2) is 5.75 Å². The minimum Gasteiger partial charge on any atom is -0.493 e. The first kappa shape index (κ1) is 26.2. The molecular weight excluding hydrogens is 496 g/mol. The molecule has 0 aliphatic carbocycles. The van der Waals surface area contributed by atoms with E-state index < -0.39 is 0 Å². The van der Waals surface area contributed by atoms with E-state index in [4.69, 9.17) is 70.6 Å². The number of halogens is 4. The molecule has 170 valence electrons. The fourth-order valence-corrected chi connectivity index (χ4v) is 3.29. The van der Waals surface area contributed by atoms with Gasteiger partial charge in [-0.3, -0.25) is 0 Å². The van der Waals surface area contributed by atoms with Crippen LogP contribution < -0.4 is 14.2 Å². The minimum atomic E-state index is 0.118. The molecule has 0 N–H and O–H groups in total. The molecule has 5 nitrogen and oxygen atoms in total. The molecule has 0 spiro atoms. The second-order valence-corrected chi connectivity index (χ2v) is 8.15. The average Bonchev–Trinajstić information content (AvgIpc) is 2.75. The predicted octanol–water partition coefficient (Wildman–Crippen LogP) is 7.09. The van der Waals surface area contributed by atoms with Crippen molar-refractivity contribution in [1.29, 1.82) is 5.26 Å². The van der Waals surface area contributed by atoms with Crippen molar-refractivity contribution in [2.45, 2.75) is 6.42 Å². The Morgan fingerprint density at radius 2 is 1.62 bits per heavy atom. The molecule has 0 saturated carbocycles. The standard InChI is InChI=1S/C23H21Cl4NO4/c1-29-15-17(7-9-28)16-3-5-18(6-4-16)30-10-2-11-32-23-20(24)13-19(14-21(23)25)31-12-8-22(26)27/h3-8,13-14H,2,10-12,15H2,1H3. The Hall–Kier alpha value is -2.07. The van der Waals surface area contributed by atoms with Gasteiger partial charge >= 0.3 is 0 Å². The van der Waals surface area contributed by atoms with Gasteiger partial charge in [0.2, 0.25) is 0 Å². The van der Waals surface area contributed by atoms with Gasteiger partial charge in [0.05, 0.1) is 35.9 Å². The molecule has 32 heavy (non-hydrogen) atoms. The number of allylic oxidation sites excluding steroid dienone is 1. The number of methoxy groups -OCH3 is 1. The van der Waals surface area contributed by atoms with Crippen LogP contribution in [0.2, 0.25) is 10.0 Å². The molecule has 2 rings (SSSR count). The van der Waals surface area contributed by atoms with Crippen LogP contribution in [0.25, 0.3) is 5.57 Å². The van der Waals surface area contributed by atoms with Crippen molar-refractivity contribution in [3.8, 4) is 23.3 Å². The normalized spacial score (nSPS) is 10.9. The summed E-state index contributed by atoms with van der Waals surface area (Å²) in [4.78, 5) is 0. The van der Waals surface area contributed by atoms with Crippen LogP contribution in [0.4, 0.5) is 0 Å². The minimum absolute atomic E-state index is 0.118. The first-order chi connectivity index (χ1) is 15.4. The quantitative estimate of drug-likeness (QED) is 0.222. The van der Waals surface area contributed by atoms with E-state index in [2.05, 4.69) is 0 Å². The molecule has 0 atom stereocenters. The molecule has 0 fully saturated rings. The molecule has 9 heteroatoms. The summed E-state index contributed by atoms with van der Waals surface area (Å²) < 4.78 is 22.1. The zero-order valence-corrected chi connectivity index (χ0v) is 20.3. The summed E-state index contributed by atoms with van der Waals surface area (Å²) in [5.74, 6) is 1.57. The molecular formula is C23H21Cl4NO4. The maximum absolute atomic E-state index is 8.88. The lowest BCUT2D eigenvalue weighted by molar-refractivity contribution is 0.239. The Balaban J connectivity index is 1.81. The Kier molecular flexibility index (Phi) is 11.6. The first-order valence-corrected chi connectivity index (χ1v) is 11.0. The summed E-state index contributed by atoms with van der Waals surface area (Å²) in [5, 5.41) is 9.55. The Morgan fingerprint density at radius 3 is 2.22 bits per heavy atom. The van der Waals surface area contributed by atoms with Crippen molar-refractivity contribution in [2.24, 2.45) is 0 Å². The van der Waals surface area contributed by atoms with Crippen molar-refractivity contribution in [3.05, 3.63) is 68.7 Å². The number of hydrogen-bond donors (Lipinski definition) is 0. The second kappa shape index (κ2) is 14.2. The number of hydrogen-bond acceptors (Lipinski definition) is 5. The average molecular weight is 517 g/mol. The van der Waals surface area contributed by atoms with Crippen LogP contribution in [0.15, 0.2) is 53.0 Å². The second-order valence-electron chi connectivity index (χ2n) is 6.33. The van der Waals surface area contributed by atoms with Gasteiger partial charge in [0.1, 0.15) is 22.6 Å². The van der Waals surface area contributed by atoms with Gasteiger partial charge < -0.3 is 18.9 Å². The van der Waals surface area contributed by atoms with Crippen LogP contribution in [0.3, 0.4) is 0 Å². The molecule has 2 aromatic carbocycles. The van der Waals surface area contributed by atoms with Gasteiger partial charge in [0, 0.05) is 31.7 Å². The van der Waals surface area contributed by atoms with Crippen molar-refractivity contribution >= 4 is 52.0 Å². The molecule has 0 aromatic heterocycles. The molecule has 0 amide bonds. The Bertz CT molecular complexity index is 957. The molecule has 2 aromatic rings. The SMILES string of the molecule is COCC(=CC#N)c1ccc(OCCCOc2c(Cl)cc(OCC=C(Cl)Cl)cc2Cl)cc1. The number of benzene rings is 2. The highest BCUT2D eigenvalue weighted by molar-refractivity contribution is 6.55. The lowest BCUT2D eigenvalue weighted by Gasteiger charge is -2.13. The molecule has 0 radical (unpaired) electrons. The molecule has 0 bridgehead atoms. The number of nitriles is 1. The van der Waals surface area contributed by atoms with Crippen molar-refractivity contribution in [3.63, 3.8) is 0 Å². The largest absolute Gasteiger partial charge is 0.493 e. The number of nitrogens with zero attached hydrogens (tertiary/aromatic N) is 1. The van der Waals surface area contributed by atoms with E-state index in [1.165, 1.54) is 12.2 Å². The third kappa shape index (κ3) is 8.82. The van der Waals surface area contributed by atoms with Crippen LogP contribution >= 0.6 is 46.4 Å². The summed E-state index contributed by atoms with van der Waals surface area (Å²) in [6.45, 7) is 1.36. The maximum atomic E-state index is 8.88. The number of ether oxygens (including phenoxy) is 4. The monoisotopic (exact) mass is 515 g/mol. The van der Waals surface area contributed by atoms with Crippen LogP contribution in [-0.4, -0.2) is 33.5 Å². The third-order valence-electron chi connectivity index (χ3n) is 4.03. The summed E-state index contributed by atoms with van der Waals surface area (Å²) in [5.41, 5.74) is 1.71. The maximum Gasteiger partial charge on any atom is 0.156 e. The molecule has 0 unspecified atom stereocenters. The van der Waals surface area contributed by atoms with E-state index >= 15 is 0 Å². The fourth-order valence-electron chi connectivity index (χ4n) is 2.59. The van der Waals surface area contributed by atoms with E-state index in [1.807, 2.05) is 30.3 Å². The Morgan fingerprint density at radius 1 is 0.969 bits per heavy atom. The molecule has 0 aliphatic rings. The van der Waals surface area contributed by atoms with E-state index in [1.54, 1.807) is 19.2 Å². The van der Waals surface area contributed by atoms with E-state index in [9.17, 15) is 0 Å². The van der Waals surface area contributed by atoms with E-state index in [0.29, 0.717) is 53.5 Å². The zero-order chi connectivity index (χ0) is 23.3. The Labute approximate surface area is 207 Å².